The maximum Gasteiger partial charge on any atom is 0.348 e. The molecule has 1 aliphatic carbocycles. The maximum absolute atomic E-state index is 11.1. The first kappa shape index (κ1) is 7.58. The molecule has 0 amide bonds. The fourth-order valence-electron chi connectivity index (χ4n) is 2.04. The summed E-state index contributed by atoms with van der Waals surface area (Å²) >= 11 is 0. The Morgan fingerprint density at radius 2 is 2.42 bits per heavy atom. The largest absolute Gasteiger partial charge is 0.478 e. The van der Waals surface area contributed by atoms with E-state index in [2.05, 4.69) is 0 Å². The molecule has 1 N–H and O–H groups in total. The van der Waals surface area contributed by atoms with Gasteiger partial charge in [-0.25, -0.2) is 4.79 Å². The highest BCUT2D eigenvalue weighted by Gasteiger charge is 2.54. The normalized spacial score (nSPS) is 39.3. The van der Waals surface area contributed by atoms with Crippen LogP contribution in [0.15, 0.2) is 0 Å². The molecule has 0 aromatic rings. The van der Waals surface area contributed by atoms with Crippen LogP contribution in [0.1, 0.15) is 25.7 Å². The zero-order valence-electron chi connectivity index (χ0n) is 6.58. The zero-order valence-corrected chi connectivity index (χ0v) is 6.58. The SMILES string of the molecule is O=C1OC2(C(=O)O)CCCC1C2. The number of hydrogen-bond donors (Lipinski definition) is 1. The number of aliphatic carboxylic acids is 1. The number of ether oxygens (including phenoxy) is 1. The summed E-state index contributed by atoms with van der Waals surface area (Å²) in [6.45, 7) is 0. The van der Waals surface area contributed by atoms with Gasteiger partial charge < -0.3 is 9.84 Å². The van der Waals surface area contributed by atoms with Crippen molar-refractivity contribution >= 4 is 11.9 Å². The summed E-state index contributed by atoms with van der Waals surface area (Å²) in [7, 11) is 0. The van der Waals surface area contributed by atoms with E-state index < -0.39 is 11.6 Å². The van der Waals surface area contributed by atoms with Crippen LogP contribution in [0, 0.1) is 5.92 Å². The number of rotatable bonds is 1. The summed E-state index contributed by atoms with van der Waals surface area (Å²) in [6.07, 6.45) is 2.42. The molecule has 1 aliphatic heterocycles. The van der Waals surface area contributed by atoms with Gasteiger partial charge in [0.1, 0.15) is 0 Å². The molecule has 12 heavy (non-hydrogen) atoms. The first-order valence-electron chi connectivity index (χ1n) is 4.10. The van der Waals surface area contributed by atoms with Gasteiger partial charge in [-0.2, -0.15) is 0 Å². The molecule has 0 aromatic heterocycles. The number of carbonyl (C=O) groups excluding carboxylic acids is 1. The lowest BCUT2D eigenvalue weighted by atomic mass is 9.81. The highest BCUT2D eigenvalue weighted by Crippen LogP contribution is 2.42. The number of fused-ring (bicyclic) bond motifs is 2. The molecule has 2 rings (SSSR count). The van der Waals surface area contributed by atoms with Crippen LogP contribution in [0.4, 0.5) is 0 Å². The molecule has 1 heterocycles. The topological polar surface area (TPSA) is 63.6 Å². The van der Waals surface area contributed by atoms with E-state index in [1.165, 1.54) is 0 Å². The Bertz CT molecular complexity index is 245. The summed E-state index contributed by atoms with van der Waals surface area (Å²) in [6, 6.07) is 0. The molecular weight excluding hydrogens is 160 g/mol. The molecule has 2 bridgehead atoms. The van der Waals surface area contributed by atoms with Crippen molar-refractivity contribution in [3.8, 4) is 0 Å². The van der Waals surface area contributed by atoms with Crippen molar-refractivity contribution in [3.05, 3.63) is 0 Å². The van der Waals surface area contributed by atoms with Gasteiger partial charge in [0.05, 0.1) is 5.92 Å². The Hall–Kier alpha value is -1.06. The Morgan fingerprint density at radius 3 is 3.00 bits per heavy atom. The number of carbonyl (C=O) groups is 2. The molecule has 4 heteroatoms. The van der Waals surface area contributed by atoms with E-state index in [0.717, 1.165) is 12.8 Å². The van der Waals surface area contributed by atoms with Gasteiger partial charge in [0.2, 0.25) is 5.60 Å². The molecule has 1 saturated heterocycles. The van der Waals surface area contributed by atoms with Crippen molar-refractivity contribution in [2.45, 2.75) is 31.3 Å². The maximum atomic E-state index is 11.1. The summed E-state index contributed by atoms with van der Waals surface area (Å²) < 4.78 is 4.90. The van der Waals surface area contributed by atoms with E-state index in [0.29, 0.717) is 12.8 Å². The smallest absolute Gasteiger partial charge is 0.348 e. The predicted molar refractivity (Wildman–Crippen MR) is 38.4 cm³/mol. The van der Waals surface area contributed by atoms with Crippen molar-refractivity contribution in [2.75, 3.05) is 0 Å². The molecule has 0 spiro atoms. The lowest BCUT2D eigenvalue weighted by Gasteiger charge is -2.24. The lowest BCUT2D eigenvalue weighted by molar-refractivity contribution is -0.169. The average molecular weight is 170 g/mol. The summed E-state index contributed by atoms with van der Waals surface area (Å²) in [4.78, 5) is 21.9. The zero-order chi connectivity index (χ0) is 8.77. The molecule has 2 fully saturated rings. The molecule has 2 aliphatic rings. The van der Waals surface area contributed by atoms with E-state index in [-0.39, 0.29) is 11.9 Å². The molecule has 4 nitrogen and oxygen atoms in total. The highest BCUT2D eigenvalue weighted by atomic mass is 16.6. The fraction of sp³-hybridized carbons (Fsp3) is 0.750. The van der Waals surface area contributed by atoms with Gasteiger partial charge in [-0.05, 0) is 19.3 Å². The monoisotopic (exact) mass is 170 g/mol. The molecular formula is C8H10O4. The van der Waals surface area contributed by atoms with Gasteiger partial charge in [0.15, 0.2) is 0 Å². The van der Waals surface area contributed by atoms with Gasteiger partial charge >= 0.3 is 11.9 Å². The van der Waals surface area contributed by atoms with Gasteiger partial charge in [-0.3, -0.25) is 4.79 Å². The molecule has 0 aromatic carbocycles. The second-order valence-electron chi connectivity index (χ2n) is 3.51. The van der Waals surface area contributed by atoms with Crippen molar-refractivity contribution in [3.63, 3.8) is 0 Å². The van der Waals surface area contributed by atoms with Crippen molar-refractivity contribution in [2.24, 2.45) is 5.92 Å². The highest BCUT2D eigenvalue weighted by molar-refractivity contribution is 5.87. The number of esters is 1. The third kappa shape index (κ3) is 0.838. The number of carboxylic acid groups (broad SMARTS) is 1. The number of hydrogen-bond acceptors (Lipinski definition) is 3. The molecule has 1 saturated carbocycles. The summed E-state index contributed by atoms with van der Waals surface area (Å²) in [5, 5.41) is 8.86. The number of carboxylic acids is 1. The first-order valence-corrected chi connectivity index (χ1v) is 4.10. The van der Waals surface area contributed by atoms with Crippen LogP contribution in [0.5, 0.6) is 0 Å². The second kappa shape index (κ2) is 2.21. The van der Waals surface area contributed by atoms with Crippen LogP contribution in [-0.2, 0) is 14.3 Å². The molecule has 66 valence electrons. The second-order valence-corrected chi connectivity index (χ2v) is 3.51. The first-order chi connectivity index (χ1) is 5.64. The van der Waals surface area contributed by atoms with E-state index in [4.69, 9.17) is 9.84 Å². The van der Waals surface area contributed by atoms with Gasteiger partial charge in [-0.1, -0.05) is 0 Å². The minimum Gasteiger partial charge on any atom is -0.478 e. The van der Waals surface area contributed by atoms with E-state index >= 15 is 0 Å². The lowest BCUT2D eigenvalue weighted by Crippen LogP contribution is -2.39. The van der Waals surface area contributed by atoms with Gasteiger partial charge in [0.25, 0.3) is 0 Å². The Labute approximate surface area is 69.5 Å². The van der Waals surface area contributed by atoms with Crippen LogP contribution < -0.4 is 0 Å². The summed E-state index contributed by atoms with van der Waals surface area (Å²) in [5.41, 5.74) is -1.17. The predicted octanol–water partition coefficient (Wildman–Crippen LogP) is 0.557. The standard InChI is InChI=1S/C8H10O4/c9-6-5-2-1-3-8(4-5,12-6)7(10)11/h5H,1-4H2,(H,10,11). The quantitative estimate of drug-likeness (QED) is 0.584. The van der Waals surface area contributed by atoms with Crippen molar-refractivity contribution in [1.82, 2.24) is 0 Å². The minimum absolute atomic E-state index is 0.158. The third-order valence-electron chi connectivity index (χ3n) is 2.73. The average Bonchev–Trinajstić information content (AvgIpc) is 2.25. The summed E-state index contributed by atoms with van der Waals surface area (Å²) in [5.74, 6) is -1.47. The van der Waals surface area contributed by atoms with Gasteiger partial charge in [0, 0.05) is 6.42 Å². The van der Waals surface area contributed by atoms with Crippen LogP contribution in [-0.4, -0.2) is 22.6 Å². The van der Waals surface area contributed by atoms with Crippen molar-refractivity contribution in [1.29, 1.82) is 0 Å². The molecule has 2 unspecified atom stereocenters. The fourth-order valence-corrected chi connectivity index (χ4v) is 2.04. The third-order valence-corrected chi connectivity index (χ3v) is 2.73. The van der Waals surface area contributed by atoms with Crippen LogP contribution in [0.3, 0.4) is 0 Å². The Kier molecular flexibility index (Phi) is 1.40. The van der Waals surface area contributed by atoms with Crippen LogP contribution in [0.2, 0.25) is 0 Å². The van der Waals surface area contributed by atoms with Crippen LogP contribution >= 0.6 is 0 Å². The van der Waals surface area contributed by atoms with Crippen LogP contribution in [0.25, 0.3) is 0 Å². The minimum atomic E-state index is -1.17. The van der Waals surface area contributed by atoms with E-state index in [1.807, 2.05) is 0 Å². The van der Waals surface area contributed by atoms with Crippen molar-refractivity contribution < 1.29 is 19.4 Å². The van der Waals surface area contributed by atoms with E-state index in [1.54, 1.807) is 0 Å². The molecule has 0 radical (unpaired) electrons. The Morgan fingerprint density at radius 1 is 1.67 bits per heavy atom. The van der Waals surface area contributed by atoms with Gasteiger partial charge in [-0.15, -0.1) is 0 Å². The Balaban J connectivity index is 2.29. The molecule has 2 atom stereocenters. The van der Waals surface area contributed by atoms with E-state index in [9.17, 15) is 9.59 Å².